The average Bonchev–Trinajstić information content (AvgIpc) is 2.76. The van der Waals surface area contributed by atoms with E-state index in [4.69, 9.17) is 14.7 Å². The number of rotatable bonds is 10. The van der Waals surface area contributed by atoms with Gasteiger partial charge in [0.2, 0.25) is 0 Å². The van der Waals surface area contributed by atoms with E-state index in [-0.39, 0.29) is 18.9 Å². The molecule has 0 aliphatic carbocycles. The van der Waals surface area contributed by atoms with Gasteiger partial charge < -0.3 is 20.5 Å². The summed E-state index contributed by atoms with van der Waals surface area (Å²) < 4.78 is 52.4. The molecular weight excluding hydrogens is 534 g/mol. The number of carbonyl (C=O) groups excluding carboxylic acids is 2. The third-order valence-electron chi connectivity index (χ3n) is 3.92. The van der Waals surface area contributed by atoms with Gasteiger partial charge in [-0.15, -0.1) is 0 Å². The van der Waals surface area contributed by atoms with Crippen molar-refractivity contribution < 1.29 is 37.4 Å². The molecule has 0 bridgehead atoms. The highest BCUT2D eigenvalue weighted by atomic mass is 127. The monoisotopic (exact) mass is 555 g/mol. The van der Waals surface area contributed by atoms with E-state index in [0.29, 0.717) is 0 Å². The first-order valence-corrected chi connectivity index (χ1v) is 11.5. The van der Waals surface area contributed by atoms with Crippen LogP contribution in [0.3, 0.4) is 0 Å². The molecule has 1 aromatic carbocycles. The van der Waals surface area contributed by atoms with Crippen LogP contribution in [0.5, 0.6) is 0 Å². The second-order valence-corrected chi connectivity index (χ2v) is 7.94. The quantitative estimate of drug-likeness (QED) is 0.201. The first kappa shape index (κ1) is 25.0. The molecule has 31 heavy (non-hydrogen) atoms. The molecule has 0 fully saturated rings. The van der Waals surface area contributed by atoms with Gasteiger partial charge in [-0.25, -0.2) is 18.7 Å². The minimum Gasteiger partial charge on any atom is -0.394 e. The number of hydroxylamine groups is 1. The number of halogens is 4. The van der Waals surface area contributed by atoms with Crippen molar-refractivity contribution >= 4 is 42.2 Å². The highest BCUT2D eigenvalue weighted by Crippen LogP contribution is 2.33. The maximum absolute atomic E-state index is 15.1. The number of ether oxygens (including phenoxy) is 1. The van der Waals surface area contributed by atoms with Gasteiger partial charge in [-0.1, -0.05) is 20.7 Å². The molecule has 1 aromatic rings. The number of hydrogen-bond donors (Lipinski definition) is 4. The van der Waals surface area contributed by atoms with Gasteiger partial charge in [0.1, 0.15) is 0 Å². The van der Waals surface area contributed by atoms with Crippen molar-refractivity contribution in [2.24, 2.45) is 0 Å². The molecule has 0 aromatic heterocycles. The Labute approximate surface area is 186 Å². The first-order valence-electron chi connectivity index (χ1n) is 9.02. The molecule has 2 rings (SSSR count). The Hall–Kier alpha value is -2.29. The Bertz CT molecular complexity index is 937. The minimum absolute atomic E-state index is 0.00208. The number of anilines is 1. The zero-order valence-electron chi connectivity index (χ0n) is 16.6. The Morgan fingerprint density at radius 2 is 2.00 bits per heavy atom. The summed E-state index contributed by atoms with van der Waals surface area (Å²) in [4.78, 5) is 29.5. The Balaban J connectivity index is 2.61. The van der Waals surface area contributed by atoms with Crippen LogP contribution in [-0.4, -0.2) is 47.8 Å². The number of nitrogens with one attached hydrogen (secondary N) is 3. The molecule has 1 atom stereocenters. The van der Waals surface area contributed by atoms with Crippen molar-refractivity contribution in [3.05, 3.63) is 50.5 Å². The summed E-state index contributed by atoms with van der Waals surface area (Å²) in [6.45, 7) is 0.896. The van der Waals surface area contributed by atoms with Crippen LogP contribution < -0.4 is 16.1 Å². The predicted molar refractivity (Wildman–Crippen MR) is 116 cm³/mol. The summed E-state index contributed by atoms with van der Waals surface area (Å²) >= 11 is -0.633. The Kier molecular flexibility index (Phi) is 9.61. The molecule has 1 aliphatic heterocycles. The van der Waals surface area contributed by atoms with Crippen LogP contribution in [0.15, 0.2) is 27.7 Å². The van der Waals surface area contributed by atoms with Gasteiger partial charge in [0.25, 0.3) is 11.8 Å². The summed E-state index contributed by atoms with van der Waals surface area (Å²) in [5, 5.41) is 13.5. The SMILES string of the molecule is CCOC(C(=O)NC)c1cc(C(=O)NOCCO)c(NC2=C(F)C=IC=C2)c(F)c1F. The molecule has 0 spiro atoms. The van der Waals surface area contributed by atoms with Crippen molar-refractivity contribution in [2.45, 2.75) is 13.0 Å². The number of amides is 2. The second kappa shape index (κ2) is 11.9. The summed E-state index contributed by atoms with van der Waals surface area (Å²) in [7, 11) is 1.29. The third-order valence-corrected chi connectivity index (χ3v) is 5.60. The van der Waals surface area contributed by atoms with Crippen molar-refractivity contribution in [3.63, 3.8) is 0 Å². The molecule has 170 valence electrons. The molecule has 0 saturated heterocycles. The summed E-state index contributed by atoms with van der Waals surface area (Å²) in [5.74, 6) is -5.38. The molecule has 0 saturated carbocycles. The van der Waals surface area contributed by atoms with Crippen LogP contribution in [-0.2, 0) is 14.4 Å². The fourth-order valence-corrected chi connectivity index (χ4v) is 3.95. The molecule has 8 nitrogen and oxygen atoms in total. The Morgan fingerprint density at radius 3 is 2.61 bits per heavy atom. The normalized spacial score (nSPS) is 14.1. The minimum atomic E-state index is -1.54. The lowest BCUT2D eigenvalue weighted by atomic mass is 10.0. The number of likely N-dealkylation sites (N-methyl/N-ethyl adjacent to an activating group) is 1. The third kappa shape index (κ3) is 6.12. The predicted octanol–water partition coefficient (Wildman–Crippen LogP) is 2.34. The fourth-order valence-electron chi connectivity index (χ4n) is 2.52. The molecule has 1 aliphatic rings. The van der Waals surface area contributed by atoms with Gasteiger partial charge in [-0.3, -0.25) is 14.4 Å². The molecule has 2 amide bonds. The van der Waals surface area contributed by atoms with Crippen LogP contribution >= 0.6 is 20.7 Å². The van der Waals surface area contributed by atoms with Gasteiger partial charge in [-0.2, -0.15) is 0 Å². The number of aliphatic hydroxyl groups excluding tert-OH is 1. The Morgan fingerprint density at radius 1 is 1.26 bits per heavy atom. The zero-order valence-corrected chi connectivity index (χ0v) is 18.8. The van der Waals surface area contributed by atoms with Crippen LogP contribution in [0.1, 0.15) is 28.9 Å². The highest BCUT2D eigenvalue weighted by molar-refractivity contribution is 14.2. The van der Waals surface area contributed by atoms with Crippen LogP contribution in [0.25, 0.3) is 0 Å². The smallest absolute Gasteiger partial charge is 0.277 e. The van der Waals surface area contributed by atoms with E-state index in [9.17, 15) is 18.4 Å². The van der Waals surface area contributed by atoms with Gasteiger partial charge >= 0.3 is 0 Å². The van der Waals surface area contributed by atoms with E-state index in [0.717, 1.165) is 6.07 Å². The largest absolute Gasteiger partial charge is 0.394 e. The topological polar surface area (TPSA) is 109 Å². The van der Waals surface area contributed by atoms with Crippen LogP contribution in [0.2, 0.25) is 0 Å². The number of carbonyl (C=O) groups is 2. The lowest BCUT2D eigenvalue weighted by molar-refractivity contribution is -0.132. The molecule has 1 unspecified atom stereocenters. The first-order chi connectivity index (χ1) is 14.8. The maximum Gasteiger partial charge on any atom is 0.277 e. The highest BCUT2D eigenvalue weighted by Gasteiger charge is 2.31. The fraction of sp³-hybridized carbons (Fsp3) is 0.316. The molecule has 4 N–H and O–H groups in total. The van der Waals surface area contributed by atoms with E-state index in [2.05, 4.69) is 10.6 Å². The van der Waals surface area contributed by atoms with E-state index in [1.54, 1.807) is 11.0 Å². The van der Waals surface area contributed by atoms with Gasteiger partial charge in [0.15, 0.2) is 23.6 Å². The number of hydrogen-bond acceptors (Lipinski definition) is 6. The lowest BCUT2D eigenvalue weighted by Crippen LogP contribution is -2.30. The molecule has 1 heterocycles. The van der Waals surface area contributed by atoms with Gasteiger partial charge in [-0.05, 0) is 23.1 Å². The van der Waals surface area contributed by atoms with Gasteiger partial charge in [0, 0.05) is 23.2 Å². The number of allylic oxidation sites excluding steroid dienone is 2. The lowest BCUT2D eigenvalue weighted by Gasteiger charge is -2.21. The van der Waals surface area contributed by atoms with E-state index >= 15 is 4.39 Å². The van der Waals surface area contributed by atoms with E-state index in [1.165, 1.54) is 17.1 Å². The van der Waals surface area contributed by atoms with Crippen molar-refractivity contribution in [3.8, 4) is 0 Å². The number of aliphatic hydroxyl groups is 1. The summed E-state index contributed by atoms with van der Waals surface area (Å²) in [6, 6.07) is 0.926. The van der Waals surface area contributed by atoms with Crippen molar-refractivity contribution in [1.82, 2.24) is 10.8 Å². The summed E-state index contributed by atoms with van der Waals surface area (Å²) in [5.41, 5.74) is 0.180. The van der Waals surface area contributed by atoms with Crippen molar-refractivity contribution in [1.29, 1.82) is 0 Å². The zero-order chi connectivity index (χ0) is 23.0. The standard InChI is InChI=1S/C19H21F3IN3O5/c1-3-30-17(19(29)24-2)10-8-11(18(28)26-31-7-6-27)16(15(22)14(10)21)25-13-4-5-23-9-12(13)20/h4-5,8-9,17,25,27H,3,6-7H2,1-2H3,(H,24,29)(H,26,28). The molecule has 0 radical (unpaired) electrons. The molecular formula is C19H21F3IN3O5. The summed E-state index contributed by atoms with van der Waals surface area (Å²) in [6.07, 6.45) is -0.169. The van der Waals surface area contributed by atoms with E-state index < -0.39 is 79.5 Å². The second-order valence-electron chi connectivity index (χ2n) is 5.88. The van der Waals surface area contributed by atoms with E-state index in [1.807, 2.05) is 5.48 Å². The van der Waals surface area contributed by atoms with Crippen LogP contribution in [0, 0.1) is 11.6 Å². The van der Waals surface area contributed by atoms with Crippen molar-refractivity contribution in [2.75, 3.05) is 32.2 Å². The molecule has 12 heteroatoms. The van der Waals surface area contributed by atoms with Crippen LogP contribution in [0.4, 0.5) is 18.9 Å². The van der Waals surface area contributed by atoms with Gasteiger partial charge in [0.05, 0.1) is 30.2 Å². The maximum atomic E-state index is 15.1. The average molecular weight is 555 g/mol. The number of benzene rings is 1.